The third-order valence-corrected chi connectivity index (χ3v) is 5.45. The minimum absolute atomic E-state index is 0.0591. The van der Waals surface area contributed by atoms with Crippen LogP contribution in [0.5, 0.6) is 11.5 Å². The monoisotopic (exact) mass is 465 g/mol. The summed E-state index contributed by atoms with van der Waals surface area (Å²) in [5.74, 6) is 0.171. The molecule has 3 aromatic rings. The Hall–Kier alpha value is -3.94. The highest BCUT2D eigenvalue weighted by Crippen LogP contribution is 2.28. The number of benzene rings is 2. The van der Waals surface area contributed by atoms with Crippen LogP contribution in [0.1, 0.15) is 23.6 Å². The number of carbonyl (C=O) groups excluding carboxylic acids is 2. The maximum atomic E-state index is 13.4. The van der Waals surface area contributed by atoms with Crippen molar-refractivity contribution >= 4 is 11.8 Å². The summed E-state index contributed by atoms with van der Waals surface area (Å²) in [6, 6.07) is 14.0. The van der Waals surface area contributed by atoms with Crippen molar-refractivity contribution in [2.45, 2.75) is 32.5 Å². The SMILES string of the molecule is COc1ccc(CC(=O)N(Cc2ccc(F)cc2)[C@H](C)C(=O)NCc2ccncc2)cc1OC. The largest absolute Gasteiger partial charge is 0.493 e. The number of hydrogen-bond donors (Lipinski definition) is 1. The van der Waals surface area contributed by atoms with Gasteiger partial charge in [0.25, 0.3) is 0 Å². The number of aromatic nitrogens is 1. The molecule has 0 unspecified atom stereocenters. The first-order chi connectivity index (χ1) is 16.4. The van der Waals surface area contributed by atoms with Crippen LogP contribution in [0.2, 0.25) is 0 Å². The van der Waals surface area contributed by atoms with Crippen molar-refractivity contribution in [1.29, 1.82) is 0 Å². The molecule has 1 aromatic heterocycles. The molecule has 2 aromatic carbocycles. The van der Waals surface area contributed by atoms with Gasteiger partial charge in [0, 0.05) is 25.5 Å². The lowest BCUT2D eigenvalue weighted by Crippen LogP contribution is -2.48. The van der Waals surface area contributed by atoms with Crippen LogP contribution in [0, 0.1) is 5.82 Å². The minimum Gasteiger partial charge on any atom is -0.493 e. The molecule has 7 nitrogen and oxygen atoms in total. The van der Waals surface area contributed by atoms with Crippen LogP contribution >= 0.6 is 0 Å². The maximum Gasteiger partial charge on any atom is 0.242 e. The molecule has 0 bridgehead atoms. The predicted octanol–water partition coefficient (Wildman–Crippen LogP) is 3.51. The van der Waals surface area contributed by atoms with Gasteiger partial charge in [-0.3, -0.25) is 14.6 Å². The number of pyridine rings is 1. The van der Waals surface area contributed by atoms with Crippen molar-refractivity contribution in [1.82, 2.24) is 15.2 Å². The lowest BCUT2D eigenvalue weighted by molar-refractivity contribution is -0.140. The van der Waals surface area contributed by atoms with Crippen molar-refractivity contribution in [3.8, 4) is 11.5 Å². The van der Waals surface area contributed by atoms with Crippen LogP contribution in [0.25, 0.3) is 0 Å². The van der Waals surface area contributed by atoms with Gasteiger partial charge < -0.3 is 19.7 Å². The summed E-state index contributed by atoms with van der Waals surface area (Å²) in [7, 11) is 3.07. The van der Waals surface area contributed by atoms with Gasteiger partial charge in [-0.2, -0.15) is 0 Å². The second kappa shape index (κ2) is 11.8. The van der Waals surface area contributed by atoms with Crippen LogP contribution in [0.3, 0.4) is 0 Å². The van der Waals surface area contributed by atoms with Crippen LogP contribution in [-0.4, -0.2) is 42.0 Å². The van der Waals surface area contributed by atoms with E-state index in [-0.39, 0.29) is 30.6 Å². The quantitative estimate of drug-likeness (QED) is 0.496. The molecule has 2 amide bonds. The Morgan fingerprint density at radius 2 is 1.59 bits per heavy atom. The van der Waals surface area contributed by atoms with Crippen molar-refractivity contribution in [3.63, 3.8) is 0 Å². The third kappa shape index (κ3) is 6.54. The molecule has 0 fully saturated rings. The number of carbonyl (C=O) groups is 2. The van der Waals surface area contributed by atoms with Crippen LogP contribution in [-0.2, 0) is 29.1 Å². The molecular weight excluding hydrogens is 437 g/mol. The highest BCUT2D eigenvalue weighted by Gasteiger charge is 2.26. The van der Waals surface area contributed by atoms with Gasteiger partial charge in [0.2, 0.25) is 11.8 Å². The number of halogens is 1. The van der Waals surface area contributed by atoms with Gasteiger partial charge in [-0.05, 0) is 60.0 Å². The lowest BCUT2D eigenvalue weighted by Gasteiger charge is -2.29. The predicted molar refractivity (Wildman–Crippen MR) is 126 cm³/mol. The first kappa shape index (κ1) is 24.7. The number of rotatable bonds is 10. The zero-order valence-corrected chi connectivity index (χ0v) is 19.5. The van der Waals surface area contributed by atoms with Gasteiger partial charge in [0.1, 0.15) is 11.9 Å². The fourth-order valence-electron chi connectivity index (χ4n) is 3.47. The number of methoxy groups -OCH3 is 2. The van der Waals surface area contributed by atoms with E-state index in [0.717, 1.165) is 16.7 Å². The van der Waals surface area contributed by atoms with Gasteiger partial charge in [-0.1, -0.05) is 18.2 Å². The zero-order valence-electron chi connectivity index (χ0n) is 19.5. The van der Waals surface area contributed by atoms with E-state index in [1.807, 2.05) is 12.1 Å². The molecule has 34 heavy (non-hydrogen) atoms. The molecule has 0 aliphatic heterocycles. The summed E-state index contributed by atoms with van der Waals surface area (Å²) >= 11 is 0. The average molecular weight is 466 g/mol. The lowest BCUT2D eigenvalue weighted by atomic mass is 10.1. The molecular formula is C26H28FN3O4. The van der Waals surface area contributed by atoms with Crippen LogP contribution in [0.4, 0.5) is 4.39 Å². The van der Waals surface area contributed by atoms with Crippen molar-refractivity contribution < 1.29 is 23.5 Å². The number of nitrogens with one attached hydrogen (secondary N) is 1. The van der Waals surface area contributed by atoms with E-state index >= 15 is 0 Å². The minimum atomic E-state index is -0.750. The van der Waals surface area contributed by atoms with E-state index < -0.39 is 6.04 Å². The van der Waals surface area contributed by atoms with Gasteiger partial charge in [-0.25, -0.2) is 4.39 Å². The molecule has 1 heterocycles. The molecule has 178 valence electrons. The molecule has 0 saturated carbocycles. The summed E-state index contributed by atoms with van der Waals surface area (Å²) in [5, 5.41) is 2.87. The molecule has 0 aliphatic rings. The topological polar surface area (TPSA) is 80.8 Å². The third-order valence-electron chi connectivity index (χ3n) is 5.45. The summed E-state index contributed by atoms with van der Waals surface area (Å²) in [4.78, 5) is 31.7. The fraction of sp³-hybridized carbons (Fsp3) is 0.269. The van der Waals surface area contributed by atoms with E-state index in [1.165, 1.54) is 24.1 Å². The Balaban J connectivity index is 1.78. The fourth-order valence-corrected chi connectivity index (χ4v) is 3.47. The van der Waals surface area contributed by atoms with Crippen molar-refractivity contribution in [2.75, 3.05) is 14.2 Å². The van der Waals surface area contributed by atoms with Gasteiger partial charge >= 0.3 is 0 Å². The number of amides is 2. The average Bonchev–Trinajstić information content (AvgIpc) is 2.86. The van der Waals surface area contributed by atoms with E-state index in [1.54, 1.807) is 56.8 Å². The summed E-state index contributed by atoms with van der Waals surface area (Å²) < 4.78 is 24.0. The van der Waals surface area contributed by atoms with Crippen LogP contribution in [0.15, 0.2) is 67.0 Å². The van der Waals surface area contributed by atoms with Crippen LogP contribution < -0.4 is 14.8 Å². The summed E-state index contributed by atoms with van der Waals surface area (Å²) in [6.45, 7) is 2.16. The number of hydrogen-bond acceptors (Lipinski definition) is 5. The van der Waals surface area contributed by atoms with Gasteiger partial charge in [0.15, 0.2) is 11.5 Å². The normalized spacial score (nSPS) is 11.4. The van der Waals surface area contributed by atoms with E-state index in [0.29, 0.717) is 18.0 Å². The second-order valence-electron chi connectivity index (χ2n) is 7.76. The Bertz CT molecular complexity index is 1110. The standard InChI is InChI=1S/C26H28FN3O4/c1-18(26(32)29-16-19-10-12-28-13-11-19)30(17-20-4-7-22(27)8-5-20)25(31)15-21-6-9-23(33-2)24(14-21)34-3/h4-14,18H,15-17H2,1-3H3,(H,29,32)/t18-/m1/s1. The van der Waals surface area contributed by atoms with E-state index in [9.17, 15) is 14.0 Å². The Labute approximate surface area is 198 Å². The first-order valence-electron chi connectivity index (χ1n) is 10.8. The Kier molecular flexibility index (Phi) is 8.56. The Morgan fingerprint density at radius 1 is 0.941 bits per heavy atom. The molecule has 0 radical (unpaired) electrons. The van der Waals surface area contributed by atoms with Gasteiger partial charge in [-0.15, -0.1) is 0 Å². The smallest absolute Gasteiger partial charge is 0.242 e. The molecule has 8 heteroatoms. The van der Waals surface area contributed by atoms with Crippen molar-refractivity contribution in [3.05, 3.63) is 89.5 Å². The van der Waals surface area contributed by atoms with E-state index in [2.05, 4.69) is 10.3 Å². The highest BCUT2D eigenvalue weighted by molar-refractivity contribution is 5.88. The molecule has 1 atom stereocenters. The first-order valence-corrected chi connectivity index (χ1v) is 10.8. The Morgan fingerprint density at radius 3 is 2.24 bits per heavy atom. The second-order valence-corrected chi connectivity index (χ2v) is 7.76. The summed E-state index contributed by atoms with van der Waals surface area (Å²) in [6.07, 6.45) is 3.36. The maximum absolute atomic E-state index is 13.4. The summed E-state index contributed by atoms with van der Waals surface area (Å²) in [5.41, 5.74) is 2.34. The van der Waals surface area contributed by atoms with E-state index in [4.69, 9.17) is 9.47 Å². The highest BCUT2D eigenvalue weighted by atomic mass is 19.1. The molecule has 3 rings (SSSR count). The number of ether oxygens (including phenoxy) is 2. The molecule has 0 saturated heterocycles. The molecule has 1 N–H and O–H groups in total. The van der Waals surface area contributed by atoms with Crippen molar-refractivity contribution in [2.24, 2.45) is 0 Å². The number of nitrogens with zero attached hydrogens (tertiary/aromatic N) is 2. The van der Waals surface area contributed by atoms with Gasteiger partial charge in [0.05, 0.1) is 20.6 Å². The molecule has 0 aliphatic carbocycles. The molecule has 0 spiro atoms. The zero-order chi connectivity index (χ0) is 24.5.